The molecule has 1 aromatic carbocycles. The second-order valence-electron chi connectivity index (χ2n) is 4.33. The summed E-state index contributed by atoms with van der Waals surface area (Å²) in [6, 6.07) is 9.67. The van der Waals surface area contributed by atoms with Gasteiger partial charge in [-0.25, -0.2) is 0 Å². The van der Waals surface area contributed by atoms with Crippen LogP contribution in [0.25, 0.3) is 0 Å². The molecule has 0 radical (unpaired) electrons. The highest BCUT2D eigenvalue weighted by Gasteiger charge is 2.39. The average molecular weight is 247 g/mol. The molecule has 4 heteroatoms. The lowest BCUT2D eigenvalue weighted by Crippen LogP contribution is -2.45. The normalized spacial score (nSPS) is 23.3. The highest BCUT2D eigenvalue weighted by Crippen LogP contribution is 2.31. The molecule has 4 nitrogen and oxygen atoms in total. The van der Waals surface area contributed by atoms with E-state index in [2.05, 4.69) is 5.32 Å². The summed E-state index contributed by atoms with van der Waals surface area (Å²) in [7, 11) is 0. The molecule has 0 unspecified atom stereocenters. The number of esters is 1. The van der Waals surface area contributed by atoms with E-state index in [0.717, 1.165) is 12.0 Å². The number of amides is 1. The molecule has 1 aliphatic rings. The summed E-state index contributed by atoms with van der Waals surface area (Å²) in [5.74, 6) is -1.46. The van der Waals surface area contributed by atoms with Crippen molar-refractivity contribution < 1.29 is 14.3 Å². The topological polar surface area (TPSA) is 55.4 Å². The van der Waals surface area contributed by atoms with Crippen molar-refractivity contribution in [1.29, 1.82) is 0 Å². The summed E-state index contributed by atoms with van der Waals surface area (Å²) in [5, 5.41) is 2.73. The number of piperidine rings is 1. The van der Waals surface area contributed by atoms with Crippen LogP contribution in [0.3, 0.4) is 0 Å². The Kier molecular flexibility index (Phi) is 3.97. The first-order valence-electron chi connectivity index (χ1n) is 6.23. The van der Waals surface area contributed by atoms with Gasteiger partial charge in [-0.2, -0.15) is 0 Å². The second-order valence-corrected chi connectivity index (χ2v) is 4.33. The quantitative estimate of drug-likeness (QED) is 0.650. The molecule has 1 N–H and O–H groups in total. The standard InChI is InChI=1S/C14H17NO3/c1-2-18-14(17)12-11(8-9-15-13(12)16)10-6-4-3-5-7-10/h3-7,11-12H,2,8-9H2,1H3,(H,15,16)/t11-,12-/m1/s1. The predicted octanol–water partition coefficient (Wildman–Crippen LogP) is 1.47. The first-order valence-corrected chi connectivity index (χ1v) is 6.23. The molecule has 0 aromatic heterocycles. The maximum Gasteiger partial charge on any atom is 0.319 e. The molecule has 1 heterocycles. The van der Waals surface area contributed by atoms with E-state index >= 15 is 0 Å². The van der Waals surface area contributed by atoms with Crippen LogP contribution in [0.5, 0.6) is 0 Å². The third-order valence-corrected chi connectivity index (χ3v) is 3.21. The zero-order chi connectivity index (χ0) is 13.0. The summed E-state index contributed by atoms with van der Waals surface area (Å²) >= 11 is 0. The van der Waals surface area contributed by atoms with Crippen molar-refractivity contribution in [2.24, 2.45) is 5.92 Å². The third kappa shape index (κ3) is 2.53. The number of rotatable bonds is 3. The van der Waals surface area contributed by atoms with Gasteiger partial charge in [-0.05, 0) is 18.9 Å². The largest absolute Gasteiger partial charge is 0.465 e. The van der Waals surface area contributed by atoms with Crippen LogP contribution < -0.4 is 5.32 Å². The van der Waals surface area contributed by atoms with Crippen LogP contribution in [0, 0.1) is 5.92 Å². The number of hydrogen-bond acceptors (Lipinski definition) is 3. The summed E-state index contributed by atoms with van der Waals surface area (Å²) in [5.41, 5.74) is 1.02. The van der Waals surface area contributed by atoms with Gasteiger partial charge in [0.2, 0.25) is 5.91 Å². The molecule has 0 bridgehead atoms. The second kappa shape index (κ2) is 5.67. The monoisotopic (exact) mass is 247 g/mol. The first-order chi connectivity index (χ1) is 8.74. The van der Waals surface area contributed by atoms with Crippen molar-refractivity contribution in [3.8, 4) is 0 Å². The molecule has 1 aliphatic heterocycles. The number of hydrogen-bond donors (Lipinski definition) is 1. The van der Waals surface area contributed by atoms with Gasteiger partial charge in [-0.3, -0.25) is 9.59 Å². The van der Waals surface area contributed by atoms with Crippen LogP contribution in [0.2, 0.25) is 0 Å². The van der Waals surface area contributed by atoms with Crippen molar-refractivity contribution in [1.82, 2.24) is 5.32 Å². The van der Waals surface area contributed by atoms with Crippen LogP contribution in [0.4, 0.5) is 0 Å². The summed E-state index contributed by atoms with van der Waals surface area (Å²) in [6.45, 7) is 2.65. The van der Waals surface area contributed by atoms with Crippen molar-refractivity contribution >= 4 is 11.9 Å². The van der Waals surface area contributed by atoms with E-state index in [1.54, 1.807) is 6.92 Å². The SMILES string of the molecule is CCOC(=O)[C@H]1C(=O)NCC[C@@H]1c1ccccc1. The number of nitrogens with one attached hydrogen (secondary N) is 1. The number of ether oxygens (including phenoxy) is 1. The van der Waals surface area contributed by atoms with Gasteiger partial charge in [0, 0.05) is 12.5 Å². The lowest BCUT2D eigenvalue weighted by molar-refractivity contribution is -0.154. The minimum absolute atomic E-state index is 0.0843. The molecular weight excluding hydrogens is 230 g/mol. The molecular formula is C14H17NO3. The van der Waals surface area contributed by atoms with Crippen LogP contribution >= 0.6 is 0 Å². The molecule has 2 rings (SSSR count). The molecule has 2 atom stereocenters. The smallest absolute Gasteiger partial charge is 0.319 e. The Labute approximate surface area is 106 Å². The van der Waals surface area contributed by atoms with E-state index in [1.807, 2.05) is 30.3 Å². The molecule has 0 aliphatic carbocycles. The Morgan fingerprint density at radius 1 is 1.39 bits per heavy atom. The summed E-state index contributed by atoms with van der Waals surface area (Å²) in [4.78, 5) is 23.8. The molecule has 1 fully saturated rings. The Balaban J connectivity index is 2.25. The zero-order valence-corrected chi connectivity index (χ0v) is 10.4. The van der Waals surface area contributed by atoms with Gasteiger partial charge >= 0.3 is 5.97 Å². The van der Waals surface area contributed by atoms with Crippen molar-refractivity contribution in [3.63, 3.8) is 0 Å². The van der Waals surface area contributed by atoms with Gasteiger partial charge in [0.15, 0.2) is 0 Å². The minimum atomic E-state index is -0.721. The van der Waals surface area contributed by atoms with Crippen molar-refractivity contribution in [2.75, 3.05) is 13.2 Å². The maximum atomic E-state index is 11.9. The van der Waals surface area contributed by atoms with Gasteiger partial charge in [-0.1, -0.05) is 30.3 Å². The van der Waals surface area contributed by atoms with Crippen molar-refractivity contribution in [3.05, 3.63) is 35.9 Å². The van der Waals surface area contributed by atoms with E-state index in [-0.39, 0.29) is 11.8 Å². The van der Waals surface area contributed by atoms with E-state index in [4.69, 9.17) is 4.74 Å². The first kappa shape index (κ1) is 12.6. The van der Waals surface area contributed by atoms with Crippen LogP contribution in [-0.4, -0.2) is 25.0 Å². The van der Waals surface area contributed by atoms with E-state index in [0.29, 0.717) is 13.2 Å². The van der Waals surface area contributed by atoms with Gasteiger partial charge in [0.25, 0.3) is 0 Å². The Hall–Kier alpha value is -1.84. The Morgan fingerprint density at radius 3 is 2.78 bits per heavy atom. The highest BCUT2D eigenvalue weighted by atomic mass is 16.5. The van der Waals surface area contributed by atoms with Crippen molar-refractivity contribution in [2.45, 2.75) is 19.3 Å². The van der Waals surface area contributed by atoms with Crippen LogP contribution in [-0.2, 0) is 14.3 Å². The fourth-order valence-corrected chi connectivity index (χ4v) is 2.37. The van der Waals surface area contributed by atoms with Gasteiger partial charge in [0.1, 0.15) is 5.92 Å². The summed E-state index contributed by atoms with van der Waals surface area (Å²) in [6.07, 6.45) is 0.763. The highest BCUT2D eigenvalue weighted by molar-refractivity contribution is 5.99. The molecule has 1 saturated heterocycles. The number of benzene rings is 1. The van der Waals surface area contributed by atoms with Gasteiger partial charge in [-0.15, -0.1) is 0 Å². The van der Waals surface area contributed by atoms with Crippen LogP contribution in [0.1, 0.15) is 24.8 Å². The van der Waals surface area contributed by atoms with E-state index in [9.17, 15) is 9.59 Å². The van der Waals surface area contributed by atoms with E-state index < -0.39 is 11.9 Å². The number of carbonyl (C=O) groups excluding carboxylic acids is 2. The minimum Gasteiger partial charge on any atom is -0.465 e. The predicted molar refractivity (Wildman–Crippen MR) is 66.9 cm³/mol. The Bertz CT molecular complexity index is 430. The molecule has 0 spiro atoms. The maximum absolute atomic E-state index is 11.9. The third-order valence-electron chi connectivity index (χ3n) is 3.21. The lowest BCUT2D eigenvalue weighted by Gasteiger charge is -2.29. The molecule has 1 amide bonds. The zero-order valence-electron chi connectivity index (χ0n) is 10.4. The average Bonchev–Trinajstić information content (AvgIpc) is 2.39. The summed E-state index contributed by atoms with van der Waals surface area (Å²) < 4.78 is 5.00. The number of carbonyl (C=O) groups is 2. The molecule has 1 aromatic rings. The lowest BCUT2D eigenvalue weighted by atomic mass is 9.80. The molecule has 18 heavy (non-hydrogen) atoms. The fourth-order valence-electron chi connectivity index (χ4n) is 2.37. The van der Waals surface area contributed by atoms with E-state index in [1.165, 1.54) is 0 Å². The Morgan fingerprint density at radius 2 is 2.11 bits per heavy atom. The molecule has 96 valence electrons. The fraction of sp³-hybridized carbons (Fsp3) is 0.429. The van der Waals surface area contributed by atoms with Gasteiger partial charge < -0.3 is 10.1 Å². The van der Waals surface area contributed by atoms with Gasteiger partial charge in [0.05, 0.1) is 6.61 Å². The van der Waals surface area contributed by atoms with Crippen LogP contribution in [0.15, 0.2) is 30.3 Å². The molecule has 0 saturated carbocycles.